The summed E-state index contributed by atoms with van der Waals surface area (Å²) < 4.78 is 29.7. The number of hydrogen-bond acceptors (Lipinski definition) is 5. The predicted octanol–water partition coefficient (Wildman–Crippen LogP) is 1.93. The SMILES string of the molecule is CC(=O)O[C@H](C)[C@@H](CS(=O)(=O)c1ccc(C)cc1)C(C)=O. The van der Waals surface area contributed by atoms with Crippen molar-refractivity contribution in [1.29, 1.82) is 0 Å². The number of carbonyl (C=O) groups is 2. The summed E-state index contributed by atoms with van der Waals surface area (Å²) in [5.74, 6) is -2.11. The number of hydrogen-bond donors (Lipinski definition) is 0. The van der Waals surface area contributed by atoms with Gasteiger partial charge in [-0.3, -0.25) is 9.59 Å². The molecule has 0 N–H and O–H groups in total. The van der Waals surface area contributed by atoms with Crippen LogP contribution in [0.4, 0.5) is 0 Å². The smallest absolute Gasteiger partial charge is 0.302 e. The molecule has 0 saturated heterocycles. The zero-order valence-electron chi connectivity index (χ0n) is 12.6. The molecular weight excluding hydrogens is 292 g/mol. The van der Waals surface area contributed by atoms with E-state index in [2.05, 4.69) is 0 Å². The van der Waals surface area contributed by atoms with Gasteiger partial charge in [0, 0.05) is 6.92 Å². The van der Waals surface area contributed by atoms with Crippen molar-refractivity contribution in [1.82, 2.24) is 0 Å². The Bertz CT molecular complexity index is 616. The van der Waals surface area contributed by atoms with E-state index >= 15 is 0 Å². The van der Waals surface area contributed by atoms with Gasteiger partial charge in [-0.15, -0.1) is 0 Å². The molecule has 116 valence electrons. The first-order chi connectivity index (χ1) is 9.63. The minimum Gasteiger partial charge on any atom is -0.462 e. The van der Waals surface area contributed by atoms with E-state index in [-0.39, 0.29) is 16.4 Å². The third kappa shape index (κ3) is 4.97. The van der Waals surface area contributed by atoms with Crippen molar-refractivity contribution in [2.45, 2.75) is 38.7 Å². The Kier molecular flexibility index (Phi) is 5.66. The number of carbonyl (C=O) groups excluding carboxylic acids is 2. The fourth-order valence-electron chi connectivity index (χ4n) is 2.01. The van der Waals surface area contributed by atoms with Crippen molar-refractivity contribution in [3.63, 3.8) is 0 Å². The van der Waals surface area contributed by atoms with E-state index in [1.807, 2.05) is 6.92 Å². The standard InChI is InChI=1S/C15H20O5S/c1-10-5-7-14(8-6-10)21(18,19)9-15(11(2)16)12(3)20-13(4)17/h5-8,12,15H,9H2,1-4H3/t12-,15+/m1/s1. The van der Waals surface area contributed by atoms with Crippen molar-refractivity contribution >= 4 is 21.6 Å². The van der Waals surface area contributed by atoms with Crippen molar-refractivity contribution in [2.24, 2.45) is 5.92 Å². The highest BCUT2D eigenvalue weighted by molar-refractivity contribution is 7.91. The lowest BCUT2D eigenvalue weighted by atomic mass is 10.0. The number of benzene rings is 1. The van der Waals surface area contributed by atoms with Crippen LogP contribution in [-0.4, -0.2) is 32.0 Å². The van der Waals surface area contributed by atoms with Gasteiger partial charge in [-0.25, -0.2) is 8.42 Å². The third-order valence-electron chi connectivity index (χ3n) is 3.22. The second kappa shape index (κ2) is 6.85. The monoisotopic (exact) mass is 312 g/mol. The van der Waals surface area contributed by atoms with Crippen LogP contribution in [0.5, 0.6) is 0 Å². The summed E-state index contributed by atoms with van der Waals surface area (Å²) in [7, 11) is -3.61. The topological polar surface area (TPSA) is 77.5 Å². The van der Waals surface area contributed by atoms with Gasteiger partial charge in [-0.05, 0) is 32.9 Å². The Balaban J connectivity index is 2.99. The lowest BCUT2D eigenvalue weighted by Gasteiger charge is -2.21. The Hall–Kier alpha value is -1.69. The second-order valence-electron chi connectivity index (χ2n) is 5.13. The van der Waals surface area contributed by atoms with Gasteiger partial charge >= 0.3 is 5.97 Å². The van der Waals surface area contributed by atoms with Crippen molar-refractivity contribution in [3.8, 4) is 0 Å². The molecule has 6 heteroatoms. The van der Waals surface area contributed by atoms with E-state index in [0.29, 0.717) is 0 Å². The Labute approximate surface area is 125 Å². The summed E-state index contributed by atoms with van der Waals surface area (Å²) in [4.78, 5) is 22.8. The molecule has 0 aliphatic rings. The van der Waals surface area contributed by atoms with Crippen LogP contribution in [0.1, 0.15) is 26.3 Å². The van der Waals surface area contributed by atoms with Gasteiger partial charge in [-0.2, -0.15) is 0 Å². The highest BCUT2D eigenvalue weighted by atomic mass is 32.2. The molecule has 0 radical (unpaired) electrons. The fraction of sp³-hybridized carbons (Fsp3) is 0.467. The van der Waals surface area contributed by atoms with E-state index in [1.54, 1.807) is 12.1 Å². The highest BCUT2D eigenvalue weighted by Gasteiger charge is 2.30. The van der Waals surface area contributed by atoms with Crippen LogP contribution in [0.25, 0.3) is 0 Å². The maximum Gasteiger partial charge on any atom is 0.302 e. The molecular formula is C15H20O5S. The molecule has 0 aliphatic heterocycles. The molecule has 0 fully saturated rings. The van der Waals surface area contributed by atoms with E-state index in [4.69, 9.17) is 4.74 Å². The van der Waals surface area contributed by atoms with Gasteiger partial charge in [0.05, 0.1) is 16.6 Å². The zero-order valence-corrected chi connectivity index (χ0v) is 13.4. The number of rotatable bonds is 6. The van der Waals surface area contributed by atoms with Crippen LogP contribution < -0.4 is 0 Å². The van der Waals surface area contributed by atoms with Gasteiger partial charge in [0.15, 0.2) is 9.84 Å². The first-order valence-corrected chi connectivity index (χ1v) is 8.26. The molecule has 0 bridgehead atoms. The summed E-state index contributed by atoms with van der Waals surface area (Å²) in [6, 6.07) is 6.42. The van der Waals surface area contributed by atoms with Crippen molar-refractivity contribution in [3.05, 3.63) is 29.8 Å². The molecule has 5 nitrogen and oxygen atoms in total. The molecule has 0 unspecified atom stereocenters. The second-order valence-corrected chi connectivity index (χ2v) is 7.16. The van der Waals surface area contributed by atoms with Gasteiger partial charge in [0.2, 0.25) is 0 Å². The van der Waals surface area contributed by atoms with E-state index in [0.717, 1.165) is 5.56 Å². The lowest BCUT2D eigenvalue weighted by molar-refractivity contribution is -0.149. The Morgan fingerprint density at radius 1 is 1.14 bits per heavy atom. The maximum absolute atomic E-state index is 12.4. The summed E-state index contributed by atoms with van der Waals surface area (Å²) >= 11 is 0. The quantitative estimate of drug-likeness (QED) is 0.750. The molecule has 1 aromatic rings. The van der Waals surface area contributed by atoms with Crippen LogP contribution in [-0.2, 0) is 24.2 Å². The van der Waals surface area contributed by atoms with E-state index in [9.17, 15) is 18.0 Å². The lowest BCUT2D eigenvalue weighted by Crippen LogP contribution is -2.34. The number of ether oxygens (including phenoxy) is 1. The van der Waals surface area contributed by atoms with Crippen LogP contribution in [0.3, 0.4) is 0 Å². The molecule has 0 aliphatic carbocycles. The maximum atomic E-state index is 12.4. The highest BCUT2D eigenvalue weighted by Crippen LogP contribution is 2.19. The van der Waals surface area contributed by atoms with Crippen LogP contribution in [0.15, 0.2) is 29.2 Å². The summed E-state index contributed by atoms with van der Waals surface area (Å²) in [5.41, 5.74) is 0.949. The minimum atomic E-state index is -3.61. The normalized spacial score (nSPS) is 14.3. The largest absolute Gasteiger partial charge is 0.462 e. The third-order valence-corrected chi connectivity index (χ3v) is 5.01. The van der Waals surface area contributed by atoms with Crippen molar-refractivity contribution in [2.75, 3.05) is 5.75 Å². The number of sulfone groups is 1. The van der Waals surface area contributed by atoms with Gasteiger partial charge in [-0.1, -0.05) is 17.7 Å². The molecule has 0 aromatic heterocycles. The molecule has 1 aromatic carbocycles. The molecule has 0 amide bonds. The molecule has 2 atom stereocenters. The van der Waals surface area contributed by atoms with Gasteiger partial charge < -0.3 is 4.74 Å². The van der Waals surface area contributed by atoms with E-state index < -0.39 is 27.8 Å². The van der Waals surface area contributed by atoms with Gasteiger partial charge in [0.1, 0.15) is 11.9 Å². The number of esters is 1. The van der Waals surface area contributed by atoms with Crippen LogP contribution >= 0.6 is 0 Å². The number of aryl methyl sites for hydroxylation is 1. The van der Waals surface area contributed by atoms with Crippen molar-refractivity contribution < 1.29 is 22.7 Å². The Morgan fingerprint density at radius 3 is 2.10 bits per heavy atom. The number of Topliss-reactive ketones (excluding diaryl/α,β-unsaturated/α-hetero) is 1. The molecule has 0 heterocycles. The van der Waals surface area contributed by atoms with Crippen LogP contribution in [0, 0.1) is 12.8 Å². The summed E-state index contributed by atoms with van der Waals surface area (Å²) in [5, 5.41) is 0. The van der Waals surface area contributed by atoms with Crippen LogP contribution in [0.2, 0.25) is 0 Å². The first-order valence-electron chi connectivity index (χ1n) is 6.60. The fourth-order valence-corrected chi connectivity index (χ4v) is 3.73. The minimum absolute atomic E-state index is 0.161. The average Bonchev–Trinajstić information content (AvgIpc) is 2.35. The Morgan fingerprint density at radius 2 is 1.67 bits per heavy atom. The predicted molar refractivity (Wildman–Crippen MR) is 78.6 cm³/mol. The first kappa shape index (κ1) is 17.4. The number of ketones is 1. The molecule has 1 rings (SSSR count). The van der Waals surface area contributed by atoms with E-state index in [1.165, 1.54) is 32.9 Å². The summed E-state index contributed by atoms with van der Waals surface area (Å²) in [6.07, 6.45) is -0.778. The molecule has 0 spiro atoms. The van der Waals surface area contributed by atoms with Gasteiger partial charge in [0.25, 0.3) is 0 Å². The zero-order chi connectivity index (χ0) is 16.2. The molecule has 0 saturated carbocycles. The average molecular weight is 312 g/mol. The molecule has 21 heavy (non-hydrogen) atoms. The summed E-state index contributed by atoms with van der Waals surface area (Å²) in [6.45, 7) is 5.91.